The largest absolute Gasteiger partial charge is 0.459 e. The lowest BCUT2D eigenvalue weighted by Crippen LogP contribution is -2.26. The van der Waals surface area contributed by atoms with Gasteiger partial charge in [-0.2, -0.15) is 0 Å². The molecule has 0 aliphatic rings. The fourth-order valence-corrected chi connectivity index (χ4v) is 2.40. The molecular formula is C21H16FNO5. The summed E-state index contributed by atoms with van der Waals surface area (Å²) in [5.41, 5.74) is 0.746. The standard InChI is InChI=1S/C21H16FNO5/c22-16-7-3-14(4-8-16)20(25)15-5-9-17(10-6-15)28-19(24)11-12-23-21(26)18-2-1-13-27-18/h1-10,13H,11-12H2,(H,23,26). The van der Waals surface area contributed by atoms with Gasteiger partial charge in [0.1, 0.15) is 11.6 Å². The van der Waals surface area contributed by atoms with Crippen LogP contribution in [0.5, 0.6) is 5.75 Å². The fourth-order valence-electron chi connectivity index (χ4n) is 2.40. The van der Waals surface area contributed by atoms with E-state index in [1.807, 2.05) is 0 Å². The summed E-state index contributed by atoms with van der Waals surface area (Å²) in [6, 6.07) is 14.4. The molecule has 0 fully saturated rings. The zero-order valence-electron chi connectivity index (χ0n) is 14.7. The second-order valence-electron chi connectivity index (χ2n) is 5.82. The van der Waals surface area contributed by atoms with Crippen molar-refractivity contribution in [3.05, 3.63) is 89.6 Å². The first kappa shape index (κ1) is 19.0. The van der Waals surface area contributed by atoms with Crippen LogP contribution < -0.4 is 10.1 Å². The van der Waals surface area contributed by atoms with Gasteiger partial charge in [-0.1, -0.05) is 0 Å². The average Bonchev–Trinajstić information content (AvgIpc) is 3.23. The Morgan fingerprint density at radius 3 is 2.18 bits per heavy atom. The van der Waals surface area contributed by atoms with Crippen molar-refractivity contribution in [3.8, 4) is 5.75 Å². The molecule has 142 valence electrons. The van der Waals surface area contributed by atoms with Gasteiger partial charge in [0.25, 0.3) is 5.91 Å². The molecule has 2 aromatic carbocycles. The lowest BCUT2D eigenvalue weighted by molar-refractivity contribution is -0.134. The number of carbonyl (C=O) groups is 3. The Hall–Kier alpha value is -3.74. The molecule has 7 heteroatoms. The summed E-state index contributed by atoms with van der Waals surface area (Å²) in [7, 11) is 0. The highest BCUT2D eigenvalue weighted by molar-refractivity contribution is 6.09. The van der Waals surface area contributed by atoms with Crippen molar-refractivity contribution in [2.45, 2.75) is 6.42 Å². The van der Waals surface area contributed by atoms with Gasteiger partial charge in [-0.3, -0.25) is 14.4 Å². The fraction of sp³-hybridized carbons (Fsp3) is 0.0952. The molecule has 0 radical (unpaired) electrons. The van der Waals surface area contributed by atoms with Crippen molar-refractivity contribution < 1.29 is 27.9 Å². The molecule has 0 bridgehead atoms. The van der Waals surface area contributed by atoms with Crippen LogP contribution in [0, 0.1) is 5.82 Å². The number of ether oxygens (including phenoxy) is 1. The third-order valence-electron chi connectivity index (χ3n) is 3.81. The monoisotopic (exact) mass is 381 g/mol. The number of nitrogens with one attached hydrogen (secondary N) is 1. The molecular weight excluding hydrogens is 365 g/mol. The number of benzene rings is 2. The number of hydrogen-bond donors (Lipinski definition) is 1. The van der Waals surface area contributed by atoms with Crippen LogP contribution in [-0.4, -0.2) is 24.2 Å². The molecule has 0 atom stereocenters. The van der Waals surface area contributed by atoms with E-state index in [1.165, 1.54) is 60.9 Å². The van der Waals surface area contributed by atoms with E-state index in [9.17, 15) is 18.8 Å². The molecule has 1 aromatic heterocycles. The molecule has 3 rings (SSSR count). The minimum Gasteiger partial charge on any atom is -0.459 e. The van der Waals surface area contributed by atoms with Gasteiger partial charge in [-0.15, -0.1) is 0 Å². The van der Waals surface area contributed by atoms with E-state index in [-0.39, 0.29) is 30.3 Å². The maximum Gasteiger partial charge on any atom is 0.312 e. The second kappa shape index (κ2) is 8.77. The number of esters is 1. The summed E-state index contributed by atoms with van der Waals surface area (Å²) in [4.78, 5) is 35.8. The molecule has 0 spiro atoms. The van der Waals surface area contributed by atoms with Gasteiger partial charge in [0.05, 0.1) is 12.7 Å². The highest BCUT2D eigenvalue weighted by Gasteiger charge is 2.12. The van der Waals surface area contributed by atoms with Crippen LogP contribution in [0.4, 0.5) is 4.39 Å². The smallest absolute Gasteiger partial charge is 0.312 e. The molecule has 0 aliphatic carbocycles. The van der Waals surface area contributed by atoms with Gasteiger partial charge in [-0.05, 0) is 60.7 Å². The van der Waals surface area contributed by atoms with Gasteiger partial charge in [-0.25, -0.2) is 4.39 Å². The Labute approximate surface area is 159 Å². The predicted octanol–water partition coefficient (Wildman–Crippen LogP) is 3.38. The van der Waals surface area contributed by atoms with Crippen LogP contribution >= 0.6 is 0 Å². The van der Waals surface area contributed by atoms with Crippen LogP contribution in [0.15, 0.2) is 71.3 Å². The number of ketones is 1. The van der Waals surface area contributed by atoms with Crippen molar-refractivity contribution in [2.24, 2.45) is 0 Å². The molecule has 3 aromatic rings. The van der Waals surface area contributed by atoms with Gasteiger partial charge in [0.2, 0.25) is 0 Å². The molecule has 1 heterocycles. The van der Waals surface area contributed by atoms with E-state index >= 15 is 0 Å². The Kier molecular flexibility index (Phi) is 5.96. The summed E-state index contributed by atoms with van der Waals surface area (Å²) in [5.74, 6) is -1.19. The SMILES string of the molecule is O=C(CCNC(=O)c1ccco1)Oc1ccc(C(=O)c2ccc(F)cc2)cc1. The van der Waals surface area contributed by atoms with Crippen molar-refractivity contribution in [3.63, 3.8) is 0 Å². The molecule has 1 amide bonds. The maximum atomic E-state index is 12.9. The number of carbonyl (C=O) groups excluding carboxylic acids is 3. The van der Waals surface area contributed by atoms with E-state index in [0.29, 0.717) is 11.1 Å². The Morgan fingerprint density at radius 1 is 0.929 bits per heavy atom. The lowest BCUT2D eigenvalue weighted by atomic mass is 10.0. The van der Waals surface area contributed by atoms with Gasteiger partial charge >= 0.3 is 5.97 Å². The normalized spacial score (nSPS) is 10.3. The van der Waals surface area contributed by atoms with E-state index in [0.717, 1.165) is 0 Å². The first-order valence-electron chi connectivity index (χ1n) is 8.45. The van der Waals surface area contributed by atoms with Gasteiger partial charge in [0.15, 0.2) is 11.5 Å². The zero-order chi connectivity index (χ0) is 19.9. The summed E-state index contributed by atoms with van der Waals surface area (Å²) in [6.45, 7) is 0.0967. The lowest BCUT2D eigenvalue weighted by Gasteiger charge is -2.06. The molecule has 0 saturated heterocycles. The first-order valence-corrected chi connectivity index (χ1v) is 8.45. The third kappa shape index (κ3) is 4.91. The summed E-state index contributed by atoms with van der Waals surface area (Å²) < 4.78 is 23.1. The maximum absolute atomic E-state index is 12.9. The number of hydrogen-bond acceptors (Lipinski definition) is 5. The van der Waals surface area contributed by atoms with Crippen LogP contribution in [0.1, 0.15) is 32.9 Å². The van der Waals surface area contributed by atoms with E-state index in [1.54, 1.807) is 6.07 Å². The molecule has 28 heavy (non-hydrogen) atoms. The predicted molar refractivity (Wildman–Crippen MR) is 97.6 cm³/mol. The minimum atomic E-state index is -0.530. The Balaban J connectivity index is 1.49. The minimum absolute atomic E-state index is 0.0251. The van der Waals surface area contributed by atoms with Crippen molar-refractivity contribution in [2.75, 3.05) is 6.54 Å². The van der Waals surface area contributed by atoms with Crippen LogP contribution in [0.2, 0.25) is 0 Å². The third-order valence-corrected chi connectivity index (χ3v) is 3.81. The van der Waals surface area contributed by atoms with Crippen molar-refractivity contribution in [1.82, 2.24) is 5.32 Å². The van der Waals surface area contributed by atoms with E-state index in [4.69, 9.17) is 9.15 Å². The first-order chi connectivity index (χ1) is 13.5. The van der Waals surface area contributed by atoms with Crippen LogP contribution in [0.25, 0.3) is 0 Å². The van der Waals surface area contributed by atoms with E-state index < -0.39 is 17.7 Å². The Bertz CT molecular complexity index is 963. The molecule has 0 aliphatic heterocycles. The highest BCUT2D eigenvalue weighted by atomic mass is 19.1. The van der Waals surface area contributed by atoms with Gasteiger partial charge < -0.3 is 14.5 Å². The van der Waals surface area contributed by atoms with Gasteiger partial charge in [0, 0.05) is 17.7 Å². The quantitative estimate of drug-likeness (QED) is 0.385. The Morgan fingerprint density at radius 2 is 1.57 bits per heavy atom. The van der Waals surface area contributed by atoms with Crippen LogP contribution in [-0.2, 0) is 4.79 Å². The molecule has 1 N–H and O–H groups in total. The summed E-state index contributed by atoms with van der Waals surface area (Å²) in [5, 5.41) is 2.54. The van der Waals surface area contributed by atoms with Crippen LogP contribution in [0.3, 0.4) is 0 Å². The number of rotatable bonds is 7. The zero-order valence-corrected chi connectivity index (χ0v) is 14.7. The number of furan rings is 1. The van der Waals surface area contributed by atoms with Crippen molar-refractivity contribution in [1.29, 1.82) is 0 Å². The molecule has 0 saturated carbocycles. The highest BCUT2D eigenvalue weighted by Crippen LogP contribution is 2.16. The number of halogens is 1. The van der Waals surface area contributed by atoms with E-state index in [2.05, 4.69) is 5.32 Å². The molecule has 6 nitrogen and oxygen atoms in total. The average molecular weight is 381 g/mol. The topological polar surface area (TPSA) is 85.6 Å². The molecule has 0 unspecified atom stereocenters. The summed E-state index contributed by atoms with van der Waals surface area (Å²) >= 11 is 0. The second-order valence-corrected chi connectivity index (χ2v) is 5.82. The number of amides is 1. The van der Waals surface area contributed by atoms with Crippen molar-refractivity contribution >= 4 is 17.7 Å². The summed E-state index contributed by atoms with van der Waals surface area (Å²) in [6.07, 6.45) is 1.36.